The molecule has 0 unspecified atom stereocenters. The van der Waals surface area contributed by atoms with E-state index in [1.54, 1.807) is 23.5 Å². The lowest BCUT2D eigenvalue weighted by atomic mass is 9.85. The van der Waals surface area contributed by atoms with Crippen LogP contribution in [0.2, 0.25) is 0 Å². The molecule has 0 amide bonds. The quantitative estimate of drug-likeness (QED) is 0.726. The minimum atomic E-state index is -0.238. The van der Waals surface area contributed by atoms with Gasteiger partial charge in [0.1, 0.15) is 24.8 Å². The maximum atomic E-state index is 13.2. The molecule has 6 heteroatoms. The second-order valence-electron chi connectivity index (χ2n) is 5.20. The van der Waals surface area contributed by atoms with Crippen LogP contribution in [0.4, 0.5) is 4.39 Å². The van der Waals surface area contributed by atoms with Gasteiger partial charge in [0.25, 0.3) is 0 Å². The van der Waals surface area contributed by atoms with Crippen molar-refractivity contribution in [2.45, 2.75) is 25.3 Å². The summed E-state index contributed by atoms with van der Waals surface area (Å²) in [6.07, 6.45) is 6.47. The Morgan fingerprint density at radius 3 is 2.55 bits per heavy atom. The topological polar surface area (TPSA) is 56.5 Å². The van der Waals surface area contributed by atoms with Gasteiger partial charge in [-0.25, -0.2) is 19.3 Å². The van der Waals surface area contributed by atoms with Crippen LogP contribution in [0.1, 0.15) is 30.0 Å². The molecule has 0 fully saturated rings. The lowest BCUT2D eigenvalue weighted by Crippen LogP contribution is -2.17. The molecule has 1 aromatic carbocycles. The van der Waals surface area contributed by atoms with Gasteiger partial charge in [0.15, 0.2) is 0 Å². The summed E-state index contributed by atoms with van der Waals surface area (Å²) in [4.78, 5) is 12.3. The van der Waals surface area contributed by atoms with E-state index in [-0.39, 0.29) is 17.7 Å². The third-order valence-corrected chi connectivity index (χ3v) is 3.82. The fourth-order valence-corrected chi connectivity index (χ4v) is 2.57. The SMILES string of the molecule is C[C@@H](c1ccncn1)[C@H](Cn1cncn1)c1ccc(F)cc1. The number of hydrogen-bond acceptors (Lipinski definition) is 4. The molecule has 0 radical (unpaired) electrons. The molecular formula is C16H16FN5. The molecule has 0 spiro atoms. The standard InChI is InChI=1S/C16H16FN5/c1-12(16-6-7-18-9-20-16)15(8-22-11-19-10-21-22)13-2-4-14(17)5-3-13/h2-7,9-12,15H,8H2,1H3/t12-,15+/m1/s1. The first-order chi connectivity index (χ1) is 10.7. The molecule has 3 rings (SSSR count). The summed E-state index contributed by atoms with van der Waals surface area (Å²) in [5.41, 5.74) is 1.99. The zero-order chi connectivity index (χ0) is 15.4. The minimum Gasteiger partial charge on any atom is -0.252 e. The van der Waals surface area contributed by atoms with Gasteiger partial charge >= 0.3 is 0 Å². The summed E-state index contributed by atoms with van der Waals surface area (Å²) in [5, 5.41) is 4.17. The Hall–Kier alpha value is -2.63. The molecule has 22 heavy (non-hydrogen) atoms. The van der Waals surface area contributed by atoms with Gasteiger partial charge in [-0.05, 0) is 23.8 Å². The number of aromatic nitrogens is 5. The van der Waals surface area contributed by atoms with E-state index in [2.05, 4.69) is 27.0 Å². The molecule has 0 bridgehead atoms. The fraction of sp³-hybridized carbons (Fsp3) is 0.250. The van der Waals surface area contributed by atoms with Crippen LogP contribution in [0.15, 0.2) is 55.5 Å². The van der Waals surface area contributed by atoms with Crippen LogP contribution in [-0.2, 0) is 6.54 Å². The molecule has 0 aliphatic heterocycles. The van der Waals surface area contributed by atoms with Crippen LogP contribution in [-0.4, -0.2) is 24.7 Å². The summed E-state index contributed by atoms with van der Waals surface area (Å²) in [6, 6.07) is 8.50. The summed E-state index contributed by atoms with van der Waals surface area (Å²) < 4.78 is 15.0. The van der Waals surface area contributed by atoms with Crippen molar-refractivity contribution in [1.82, 2.24) is 24.7 Å². The van der Waals surface area contributed by atoms with Crippen molar-refractivity contribution in [2.75, 3.05) is 0 Å². The summed E-state index contributed by atoms with van der Waals surface area (Å²) in [7, 11) is 0. The van der Waals surface area contributed by atoms with Gasteiger partial charge in [0, 0.05) is 23.7 Å². The van der Waals surface area contributed by atoms with Gasteiger partial charge in [-0.2, -0.15) is 5.10 Å². The third-order valence-electron chi connectivity index (χ3n) is 3.82. The molecule has 3 aromatic rings. The first-order valence-electron chi connectivity index (χ1n) is 7.08. The Labute approximate surface area is 127 Å². The lowest BCUT2D eigenvalue weighted by Gasteiger charge is -2.24. The molecule has 2 atom stereocenters. The molecule has 112 valence electrons. The maximum absolute atomic E-state index is 13.2. The van der Waals surface area contributed by atoms with Gasteiger partial charge in [-0.3, -0.25) is 4.68 Å². The van der Waals surface area contributed by atoms with Crippen LogP contribution in [0.5, 0.6) is 0 Å². The van der Waals surface area contributed by atoms with Gasteiger partial charge in [-0.15, -0.1) is 0 Å². The summed E-state index contributed by atoms with van der Waals surface area (Å²) in [5.74, 6) is 0.00723. The Bertz CT molecular complexity index is 697. The highest BCUT2D eigenvalue weighted by Gasteiger charge is 2.23. The van der Waals surface area contributed by atoms with Crippen molar-refractivity contribution >= 4 is 0 Å². The van der Waals surface area contributed by atoms with Crippen molar-refractivity contribution < 1.29 is 4.39 Å². The fourth-order valence-electron chi connectivity index (χ4n) is 2.57. The number of nitrogens with zero attached hydrogens (tertiary/aromatic N) is 5. The second-order valence-corrected chi connectivity index (χ2v) is 5.20. The van der Waals surface area contributed by atoms with Crippen molar-refractivity contribution in [3.63, 3.8) is 0 Å². The van der Waals surface area contributed by atoms with E-state index in [1.165, 1.54) is 18.5 Å². The number of hydrogen-bond donors (Lipinski definition) is 0. The average molecular weight is 297 g/mol. The average Bonchev–Trinajstić information content (AvgIpc) is 3.07. The normalized spacial score (nSPS) is 13.7. The Morgan fingerprint density at radius 2 is 1.91 bits per heavy atom. The van der Waals surface area contributed by atoms with E-state index in [0.29, 0.717) is 6.54 Å². The van der Waals surface area contributed by atoms with Crippen LogP contribution in [0.25, 0.3) is 0 Å². The Morgan fingerprint density at radius 1 is 1.09 bits per heavy atom. The highest BCUT2D eigenvalue weighted by molar-refractivity contribution is 5.25. The highest BCUT2D eigenvalue weighted by atomic mass is 19.1. The zero-order valence-corrected chi connectivity index (χ0v) is 12.2. The first-order valence-corrected chi connectivity index (χ1v) is 7.08. The predicted molar refractivity (Wildman–Crippen MR) is 79.6 cm³/mol. The molecular weight excluding hydrogens is 281 g/mol. The van der Waals surface area contributed by atoms with Crippen molar-refractivity contribution in [3.8, 4) is 0 Å². The molecule has 0 saturated heterocycles. The number of rotatable bonds is 5. The predicted octanol–water partition coefficient (Wildman–Crippen LogP) is 2.79. The van der Waals surface area contributed by atoms with Gasteiger partial charge in [-0.1, -0.05) is 19.1 Å². The highest BCUT2D eigenvalue weighted by Crippen LogP contribution is 2.32. The largest absolute Gasteiger partial charge is 0.252 e. The molecule has 0 aliphatic carbocycles. The maximum Gasteiger partial charge on any atom is 0.137 e. The lowest BCUT2D eigenvalue weighted by molar-refractivity contribution is 0.455. The molecule has 0 N–H and O–H groups in total. The molecule has 0 aliphatic rings. The summed E-state index contributed by atoms with van der Waals surface area (Å²) >= 11 is 0. The Balaban J connectivity index is 1.93. The molecule has 2 heterocycles. The molecule has 2 aromatic heterocycles. The number of benzene rings is 1. The van der Waals surface area contributed by atoms with Gasteiger partial charge in [0.05, 0.1) is 6.54 Å². The third kappa shape index (κ3) is 3.16. The van der Waals surface area contributed by atoms with Crippen LogP contribution >= 0.6 is 0 Å². The van der Waals surface area contributed by atoms with Crippen molar-refractivity contribution in [3.05, 3.63) is 72.6 Å². The van der Waals surface area contributed by atoms with E-state index in [4.69, 9.17) is 0 Å². The van der Waals surface area contributed by atoms with E-state index in [0.717, 1.165) is 11.3 Å². The molecule has 5 nitrogen and oxygen atoms in total. The van der Waals surface area contributed by atoms with E-state index in [1.807, 2.05) is 18.2 Å². The summed E-state index contributed by atoms with van der Waals surface area (Å²) in [6.45, 7) is 2.75. The second kappa shape index (κ2) is 6.43. The Kier molecular flexibility index (Phi) is 4.18. The zero-order valence-electron chi connectivity index (χ0n) is 12.2. The van der Waals surface area contributed by atoms with Gasteiger partial charge < -0.3 is 0 Å². The van der Waals surface area contributed by atoms with E-state index >= 15 is 0 Å². The minimum absolute atomic E-state index is 0.109. The van der Waals surface area contributed by atoms with E-state index in [9.17, 15) is 4.39 Å². The van der Waals surface area contributed by atoms with Crippen LogP contribution in [0, 0.1) is 5.82 Å². The van der Waals surface area contributed by atoms with Crippen molar-refractivity contribution in [2.24, 2.45) is 0 Å². The van der Waals surface area contributed by atoms with Crippen LogP contribution < -0.4 is 0 Å². The first kappa shape index (κ1) is 14.3. The smallest absolute Gasteiger partial charge is 0.137 e. The molecule has 0 saturated carbocycles. The van der Waals surface area contributed by atoms with E-state index < -0.39 is 0 Å². The number of halogens is 1. The van der Waals surface area contributed by atoms with Crippen molar-refractivity contribution in [1.29, 1.82) is 0 Å². The van der Waals surface area contributed by atoms with Gasteiger partial charge in [0.2, 0.25) is 0 Å². The monoisotopic (exact) mass is 297 g/mol. The van der Waals surface area contributed by atoms with Crippen LogP contribution in [0.3, 0.4) is 0 Å².